The Bertz CT molecular complexity index is 595. The summed E-state index contributed by atoms with van der Waals surface area (Å²) in [6.07, 6.45) is 3.88. The summed E-state index contributed by atoms with van der Waals surface area (Å²) in [6.45, 7) is 2.39. The van der Waals surface area contributed by atoms with E-state index in [0.717, 1.165) is 37.3 Å². The molecule has 0 aliphatic heterocycles. The second kappa shape index (κ2) is 5.63. The molecule has 1 aliphatic rings. The lowest BCUT2D eigenvalue weighted by Crippen LogP contribution is -2.05. The lowest BCUT2D eigenvalue weighted by molar-refractivity contribution is 0.242. The molecule has 1 heterocycles. The molecule has 0 bridgehead atoms. The maximum absolute atomic E-state index is 6.02. The molecule has 3 rings (SSSR count). The number of aryl methyl sites for hydroxylation is 2. The largest absolute Gasteiger partial charge is 0.484 e. The van der Waals surface area contributed by atoms with Crippen molar-refractivity contribution in [2.45, 2.75) is 45.3 Å². The van der Waals surface area contributed by atoms with Crippen molar-refractivity contribution in [2.75, 3.05) is 0 Å². The third-order valence-electron chi connectivity index (χ3n) is 3.58. The first-order chi connectivity index (χ1) is 9.76. The molecule has 0 unspecified atom stereocenters. The smallest absolute Gasteiger partial charge is 0.264 e. The number of rotatable bonds is 5. The van der Waals surface area contributed by atoms with Crippen molar-refractivity contribution in [3.8, 4) is 5.75 Å². The van der Waals surface area contributed by atoms with Crippen molar-refractivity contribution in [2.24, 2.45) is 5.73 Å². The van der Waals surface area contributed by atoms with E-state index in [4.69, 9.17) is 15.0 Å². The van der Waals surface area contributed by atoms with Gasteiger partial charge in [-0.15, -0.1) is 0 Å². The van der Waals surface area contributed by atoms with Crippen LogP contribution in [0.3, 0.4) is 0 Å². The monoisotopic (exact) mass is 273 g/mol. The van der Waals surface area contributed by atoms with Gasteiger partial charge in [0.2, 0.25) is 0 Å². The maximum Gasteiger partial charge on any atom is 0.264 e. The molecule has 0 radical (unpaired) electrons. The van der Waals surface area contributed by atoms with E-state index in [-0.39, 0.29) is 6.04 Å². The van der Waals surface area contributed by atoms with Crippen LogP contribution in [-0.4, -0.2) is 10.1 Å². The molecule has 5 nitrogen and oxygen atoms in total. The van der Waals surface area contributed by atoms with Crippen molar-refractivity contribution in [1.82, 2.24) is 10.1 Å². The van der Waals surface area contributed by atoms with E-state index in [0.29, 0.717) is 12.5 Å². The number of hydrogen-bond acceptors (Lipinski definition) is 5. The van der Waals surface area contributed by atoms with Crippen molar-refractivity contribution in [3.05, 3.63) is 41.0 Å². The average molecular weight is 273 g/mol. The van der Waals surface area contributed by atoms with Gasteiger partial charge in [0.25, 0.3) is 5.89 Å². The highest BCUT2D eigenvalue weighted by atomic mass is 16.5. The molecule has 0 saturated heterocycles. The highest BCUT2D eigenvalue weighted by Crippen LogP contribution is 2.31. The van der Waals surface area contributed by atoms with Crippen LogP contribution in [0.1, 0.15) is 48.6 Å². The molecule has 0 fully saturated rings. The van der Waals surface area contributed by atoms with Gasteiger partial charge in [0.05, 0.1) is 0 Å². The molecule has 5 heteroatoms. The summed E-state index contributed by atoms with van der Waals surface area (Å²) < 4.78 is 10.8. The first-order valence-corrected chi connectivity index (χ1v) is 7.09. The van der Waals surface area contributed by atoms with E-state index >= 15 is 0 Å². The van der Waals surface area contributed by atoms with Crippen LogP contribution in [0.5, 0.6) is 5.75 Å². The average Bonchev–Trinajstić information content (AvgIpc) is 3.04. The van der Waals surface area contributed by atoms with Gasteiger partial charge in [0.1, 0.15) is 5.75 Å². The van der Waals surface area contributed by atoms with Crippen LogP contribution in [0.2, 0.25) is 0 Å². The fourth-order valence-electron chi connectivity index (χ4n) is 2.54. The number of nitrogens with two attached hydrogens (primary N) is 1. The quantitative estimate of drug-likeness (QED) is 0.906. The summed E-state index contributed by atoms with van der Waals surface area (Å²) in [6, 6.07) is 6.24. The van der Waals surface area contributed by atoms with Gasteiger partial charge >= 0.3 is 0 Å². The van der Waals surface area contributed by atoms with E-state index in [2.05, 4.69) is 29.2 Å². The van der Waals surface area contributed by atoms with Crippen molar-refractivity contribution < 1.29 is 9.26 Å². The van der Waals surface area contributed by atoms with Crippen LogP contribution in [-0.2, 0) is 19.4 Å². The van der Waals surface area contributed by atoms with E-state index < -0.39 is 0 Å². The molecule has 1 atom stereocenters. The van der Waals surface area contributed by atoms with Crippen LogP contribution in [0.25, 0.3) is 0 Å². The van der Waals surface area contributed by atoms with Crippen LogP contribution in [0.4, 0.5) is 0 Å². The van der Waals surface area contributed by atoms with E-state index in [1.165, 1.54) is 11.1 Å². The fourth-order valence-corrected chi connectivity index (χ4v) is 2.54. The van der Waals surface area contributed by atoms with Gasteiger partial charge in [0.15, 0.2) is 12.4 Å². The van der Waals surface area contributed by atoms with Gasteiger partial charge in [-0.3, -0.25) is 0 Å². The van der Waals surface area contributed by atoms with E-state index in [9.17, 15) is 0 Å². The van der Waals surface area contributed by atoms with Gasteiger partial charge in [-0.1, -0.05) is 18.1 Å². The van der Waals surface area contributed by atoms with Gasteiger partial charge < -0.3 is 15.0 Å². The highest BCUT2D eigenvalue weighted by molar-refractivity contribution is 5.40. The minimum Gasteiger partial charge on any atom is -0.484 e. The summed E-state index contributed by atoms with van der Waals surface area (Å²) in [4.78, 5) is 4.28. The number of hydrogen-bond donors (Lipinski definition) is 1. The second-order valence-electron chi connectivity index (χ2n) is 5.15. The zero-order chi connectivity index (χ0) is 13.9. The predicted octanol–water partition coefficient (Wildman–Crippen LogP) is 2.55. The lowest BCUT2D eigenvalue weighted by Gasteiger charge is -2.07. The van der Waals surface area contributed by atoms with Crippen LogP contribution in [0.15, 0.2) is 22.7 Å². The minimum absolute atomic E-state index is 0.173. The third-order valence-corrected chi connectivity index (χ3v) is 3.58. The molecule has 1 aliphatic carbocycles. The standard InChI is InChI=1S/C15H19N3O2/c1-2-3-14-17-15(20-18-14)9-19-11-5-6-12-10(8-11)4-7-13(12)16/h5-6,8,13H,2-4,7,9,16H2,1H3/t13-/m1/s1. The molecule has 1 aromatic carbocycles. The number of ether oxygens (including phenoxy) is 1. The summed E-state index contributed by atoms with van der Waals surface area (Å²) in [5, 5.41) is 3.90. The van der Waals surface area contributed by atoms with Gasteiger partial charge in [0, 0.05) is 12.5 Å². The normalized spacial score (nSPS) is 17.2. The van der Waals surface area contributed by atoms with Crippen LogP contribution >= 0.6 is 0 Å². The Morgan fingerprint density at radius 3 is 3.20 bits per heavy atom. The second-order valence-corrected chi connectivity index (χ2v) is 5.15. The van der Waals surface area contributed by atoms with Gasteiger partial charge in [-0.25, -0.2) is 0 Å². The Labute approximate surface area is 118 Å². The molecular formula is C15H19N3O2. The zero-order valence-corrected chi connectivity index (χ0v) is 11.6. The van der Waals surface area contributed by atoms with Crippen molar-refractivity contribution >= 4 is 0 Å². The third kappa shape index (κ3) is 2.67. The maximum atomic E-state index is 6.02. The molecule has 2 aromatic rings. The van der Waals surface area contributed by atoms with Crippen LogP contribution < -0.4 is 10.5 Å². The Balaban J connectivity index is 1.63. The number of aromatic nitrogens is 2. The van der Waals surface area contributed by atoms with Crippen molar-refractivity contribution in [3.63, 3.8) is 0 Å². The molecule has 20 heavy (non-hydrogen) atoms. The summed E-state index contributed by atoms with van der Waals surface area (Å²) in [5.74, 6) is 2.09. The topological polar surface area (TPSA) is 74.2 Å². The lowest BCUT2D eigenvalue weighted by atomic mass is 10.1. The highest BCUT2D eigenvalue weighted by Gasteiger charge is 2.19. The van der Waals surface area contributed by atoms with E-state index in [1.54, 1.807) is 0 Å². The van der Waals surface area contributed by atoms with Gasteiger partial charge in [-0.2, -0.15) is 4.98 Å². The van der Waals surface area contributed by atoms with Crippen LogP contribution in [0, 0.1) is 0 Å². The fraction of sp³-hybridized carbons (Fsp3) is 0.467. The molecule has 0 amide bonds. The molecular weight excluding hydrogens is 254 g/mol. The molecule has 0 saturated carbocycles. The number of fused-ring (bicyclic) bond motifs is 1. The van der Waals surface area contributed by atoms with Crippen molar-refractivity contribution in [1.29, 1.82) is 0 Å². The minimum atomic E-state index is 0.173. The SMILES string of the molecule is CCCc1noc(COc2ccc3c(c2)CC[C@H]3N)n1. The summed E-state index contributed by atoms with van der Waals surface area (Å²) in [5.41, 5.74) is 8.54. The Hall–Kier alpha value is -1.88. The number of nitrogens with zero attached hydrogens (tertiary/aromatic N) is 2. The Kier molecular flexibility index (Phi) is 3.69. The molecule has 2 N–H and O–H groups in total. The zero-order valence-electron chi connectivity index (χ0n) is 11.6. The molecule has 106 valence electrons. The summed E-state index contributed by atoms with van der Waals surface area (Å²) in [7, 11) is 0. The number of benzene rings is 1. The van der Waals surface area contributed by atoms with E-state index in [1.807, 2.05) is 6.07 Å². The first-order valence-electron chi connectivity index (χ1n) is 7.09. The Morgan fingerprint density at radius 2 is 2.35 bits per heavy atom. The van der Waals surface area contributed by atoms with Gasteiger partial charge in [-0.05, 0) is 42.5 Å². The summed E-state index contributed by atoms with van der Waals surface area (Å²) >= 11 is 0. The first kappa shape index (κ1) is 13.1. The Morgan fingerprint density at radius 1 is 1.45 bits per heavy atom. The molecule has 0 spiro atoms. The predicted molar refractivity (Wildman–Crippen MR) is 74.3 cm³/mol. The molecule has 1 aromatic heterocycles.